The summed E-state index contributed by atoms with van der Waals surface area (Å²) in [6.07, 6.45) is 0. The number of esters is 1. The number of rotatable bonds is 6. The molecular formula is C16H19NO3. The van der Waals surface area contributed by atoms with E-state index in [1.807, 2.05) is 43.3 Å². The summed E-state index contributed by atoms with van der Waals surface area (Å²) in [5, 5.41) is 0. The van der Waals surface area contributed by atoms with Crippen molar-refractivity contribution in [2.75, 3.05) is 13.2 Å². The Bertz CT molecular complexity index is 560. The topological polar surface area (TPSA) is 51.3 Å². The van der Waals surface area contributed by atoms with Gasteiger partial charge in [-0.3, -0.25) is 0 Å². The number of ether oxygens (including phenoxy) is 2. The maximum absolute atomic E-state index is 12.0. The zero-order valence-corrected chi connectivity index (χ0v) is 11.8. The molecule has 0 saturated carbocycles. The molecule has 0 bridgehead atoms. The first kappa shape index (κ1) is 14.3. The third-order valence-corrected chi connectivity index (χ3v) is 2.93. The van der Waals surface area contributed by atoms with Gasteiger partial charge in [0.25, 0.3) is 0 Å². The lowest BCUT2D eigenvalue weighted by Gasteiger charge is -2.03. The first-order valence-corrected chi connectivity index (χ1v) is 6.78. The highest BCUT2D eigenvalue weighted by atomic mass is 16.5. The number of hydrogen-bond donors (Lipinski definition) is 1. The molecular weight excluding hydrogens is 254 g/mol. The van der Waals surface area contributed by atoms with E-state index in [-0.39, 0.29) is 5.97 Å². The van der Waals surface area contributed by atoms with Gasteiger partial charge in [-0.15, -0.1) is 0 Å². The van der Waals surface area contributed by atoms with Crippen LogP contribution in [-0.4, -0.2) is 24.2 Å². The number of hydrogen-bond acceptors (Lipinski definition) is 3. The Morgan fingerprint density at radius 1 is 1.15 bits per heavy atom. The van der Waals surface area contributed by atoms with Crippen LogP contribution in [0, 0.1) is 0 Å². The maximum atomic E-state index is 12.0. The van der Waals surface area contributed by atoms with Crippen LogP contribution in [0.2, 0.25) is 0 Å². The molecule has 0 unspecified atom stereocenters. The number of benzene rings is 1. The Kier molecular flexibility index (Phi) is 4.96. The van der Waals surface area contributed by atoms with Crippen LogP contribution in [0.3, 0.4) is 0 Å². The number of nitrogens with one attached hydrogen (secondary N) is 1. The quantitative estimate of drug-likeness (QED) is 0.821. The Labute approximate surface area is 118 Å². The normalized spacial score (nSPS) is 10.5. The molecule has 1 aromatic heterocycles. The summed E-state index contributed by atoms with van der Waals surface area (Å²) in [4.78, 5) is 15.2. The molecule has 0 aliphatic carbocycles. The zero-order chi connectivity index (χ0) is 14.4. The van der Waals surface area contributed by atoms with Crippen molar-refractivity contribution in [1.29, 1.82) is 0 Å². The van der Waals surface area contributed by atoms with Crippen molar-refractivity contribution < 1.29 is 14.3 Å². The largest absolute Gasteiger partial charge is 0.462 e. The Balaban J connectivity index is 2.33. The van der Waals surface area contributed by atoms with E-state index < -0.39 is 0 Å². The number of carbonyl (C=O) groups is 1. The molecule has 4 heteroatoms. The van der Waals surface area contributed by atoms with E-state index in [0.717, 1.165) is 17.0 Å². The fraction of sp³-hybridized carbons (Fsp3) is 0.312. The highest BCUT2D eigenvalue weighted by molar-refractivity contribution is 5.92. The Morgan fingerprint density at radius 3 is 2.55 bits per heavy atom. The van der Waals surface area contributed by atoms with E-state index >= 15 is 0 Å². The first-order valence-electron chi connectivity index (χ1n) is 6.78. The number of carbonyl (C=O) groups excluding carboxylic acids is 1. The van der Waals surface area contributed by atoms with Gasteiger partial charge in [-0.2, -0.15) is 0 Å². The van der Waals surface area contributed by atoms with Gasteiger partial charge in [0.15, 0.2) is 0 Å². The average Bonchev–Trinajstić information content (AvgIpc) is 2.90. The standard InChI is InChI=1S/C16H19NO3/c1-3-19-11-15-13(16(18)20-4-2)10-14(17-15)12-8-6-5-7-9-12/h5-10,17H,3-4,11H2,1-2H3. The lowest BCUT2D eigenvalue weighted by Crippen LogP contribution is -2.07. The maximum Gasteiger partial charge on any atom is 0.340 e. The summed E-state index contributed by atoms with van der Waals surface area (Å²) in [5.41, 5.74) is 3.22. The molecule has 2 rings (SSSR count). The summed E-state index contributed by atoms with van der Waals surface area (Å²) in [6.45, 7) is 5.05. The van der Waals surface area contributed by atoms with Crippen LogP contribution in [0.25, 0.3) is 11.3 Å². The van der Waals surface area contributed by atoms with Crippen molar-refractivity contribution >= 4 is 5.97 Å². The van der Waals surface area contributed by atoms with E-state index in [2.05, 4.69) is 4.98 Å². The number of aromatic nitrogens is 1. The predicted octanol–water partition coefficient (Wildman–Crippen LogP) is 3.39. The van der Waals surface area contributed by atoms with Gasteiger partial charge in [0.05, 0.1) is 24.5 Å². The molecule has 106 valence electrons. The second-order valence-corrected chi connectivity index (χ2v) is 4.30. The van der Waals surface area contributed by atoms with Gasteiger partial charge in [-0.1, -0.05) is 30.3 Å². The van der Waals surface area contributed by atoms with E-state index in [9.17, 15) is 4.79 Å². The zero-order valence-electron chi connectivity index (χ0n) is 11.8. The summed E-state index contributed by atoms with van der Waals surface area (Å²) in [5.74, 6) is -0.319. The molecule has 0 aliphatic rings. The summed E-state index contributed by atoms with van der Waals surface area (Å²) in [6, 6.07) is 11.7. The number of aromatic amines is 1. The van der Waals surface area contributed by atoms with Gasteiger partial charge >= 0.3 is 5.97 Å². The van der Waals surface area contributed by atoms with Crippen molar-refractivity contribution in [2.45, 2.75) is 20.5 Å². The summed E-state index contributed by atoms with van der Waals surface area (Å²) in [7, 11) is 0. The summed E-state index contributed by atoms with van der Waals surface area (Å²) >= 11 is 0. The molecule has 0 atom stereocenters. The molecule has 0 saturated heterocycles. The molecule has 1 heterocycles. The van der Waals surface area contributed by atoms with Crippen molar-refractivity contribution in [3.8, 4) is 11.3 Å². The van der Waals surface area contributed by atoms with Crippen molar-refractivity contribution in [3.63, 3.8) is 0 Å². The Morgan fingerprint density at radius 2 is 1.90 bits per heavy atom. The predicted molar refractivity (Wildman–Crippen MR) is 77.5 cm³/mol. The van der Waals surface area contributed by atoms with E-state index in [1.165, 1.54) is 0 Å². The van der Waals surface area contributed by atoms with Crippen LogP contribution in [-0.2, 0) is 16.1 Å². The second-order valence-electron chi connectivity index (χ2n) is 4.30. The second kappa shape index (κ2) is 6.91. The van der Waals surface area contributed by atoms with Gasteiger partial charge in [-0.05, 0) is 25.5 Å². The average molecular weight is 273 g/mol. The van der Waals surface area contributed by atoms with E-state index in [4.69, 9.17) is 9.47 Å². The van der Waals surface area contributed by atoms with Crippen LogP contribution >= 0.6 is 0 Å². The molecule has 2 aromatic rings. The van der Waals surface area contributed by atoms with Crippen molar-refractivity contribution in [2.24, 2.45) is 0 Å². The molecule has 0 radical (unpaired) electrons. The van der Waals surface area contributed by atoms with Crippen molar-refractivity contribution in [3.05, 3.63) is 47.7 Å². The van der Waals surface area contributed by atoms with Crippen LogP contribution in [0.1, 0.15) is 29.9 Å². The fourth-order valence-corrected chi connectivity index (χ4v) is 1.98. The highest BCUT2D eigenvalue weighted by Crippen LogP contribution is 2.23. The number of H-pyrrole nitrogens is 1. The van der Waals surface area contributed by atoms with Gasteiger partial charge < -0.3 is 14.5 Å². The van der Waals surface area contributed by atoms with E-state index in [0.29, 0.717) is 25.4 Å². The van der Waals surface area contributed by atoms with Crippen LogP contribution in [0.4, 0.5) is 0 Å². The molecule has 1 aromatic carbocycles. The monoisotopic (exact) mass is 273 g/mol. The summed E-state index contributed by atoms with van der Waals surface area (Å²) < 4.78 is 10.5. The minimum atomic E-state index is -0.319. The molecule has 0 aliphatic heterocycles. The molecule has 0 amide bonds. The van der Waals surface area contributed by atoms with Gasteiger partial charge in [0.2, 0.25) is 0 Å². The molecule has 0 spiro atoms. The van der Waals surface area contributed by atoms with Crippen molar-refractivity contribution in [1.82, 2.24) is 4.98 Å². The smallest absolute Gasteiger partial charge is 0.340 e. The lowest BCUT2D eigenvalue weighted by molar-refractivity contribution is 0.0519. The van der Waals surface area contributed by atoms with Gasteiger partial charge in [-0.25, -0.2) is 4.79 Å². The first-order chi connectivity index (χ1) is 9.76. The third kappa shape index (κ3) is 3.27. The van der Waals surface area contributed by atoms with E-state index in [1.54, 1.807) is 6.92 Å². The minimum absolute atomic E-state index is 0.319. The van der Waals surface area contributed by atoms with Gasteiger partial charge in [0.1, 0.15) is 0 Å². The van der Waals surface area contributed by atoms with Crippen LogP contribution in [0.15, 0.2) is 36.4 Å². The Hall–Kier alpha value is -2.07. The molecule has 4 nitrogen and oxygen atoms in total. The fourth-order valence-electron chi connectivity index (χ4n) is 1.98. The molecule has 1 N–H and O–H groups in total. The lowest BCUT2D eigenvalue weighted by atomic mass is 10.1. The minimum Gasteiger partial charge on any atom is -0.462 e. The molecule has 0 fully saturated rings. The third-order valence-electron chi connectivity index (χ3n) is 2.93. The van der Waals surface area contributed by atoms with Gasteiger partial charge in [0, 0.05) is 12.3 Å². The molecule has 20 heavy (non-hydrogen) atoms. The van der Waals surface area contributed by atoms with Crippen LogP contribution in [0.5, 0.6) is 0 Å². The SMILES string of the molecule is CCOCc1[nH]c(-c2ccccc2)cc1C(=O)OCC. The van der Waals surface area contributed by atoms with Crippen LogP contribution < -0.4 is 0 Å². The highest BCUT2D eigenvalue weighted by Gasteiger charge is 2.17.